The molecule has 4 nitrogen and oxygen atoms in total. The van der Waals surface area contributed by atoms with Gasteiger partial charge < -0.3 is 9.52 Å². The third kappa shape index (κ3) is 4.27. The Hall–Kier alpha value is -1.58. The van der Waals surface area contributed by atoms with Crippen molar-refractivity contribution in [2.75, 3.05) is 0 Å². The van der Waals surface area contributed by atoms with Gasteiger partial charge in [-0.3, -0.25) is 9.59 Å². The molecule has 0 aromatic carbocycles. The maximum absolute atomic E-state index is 9.99. The van der Waals surface area contributed by atoms with Gasteiger partial charge >= 0.3 is 0 Å². The number of carbonyl (C=O) groups excluding carboxylic acids is 1. The van der Waals surface area contributed by atoms with Crippen molar-refractivity contribution in [3.63, 3.8) is 0 Å². The first kappa shape index (κ1) is 10.4. The van der Waals surface area contributed by atoms with Crippen molar-refractivity contribution in [3.8, 4) is 0 Å². The third-order valence-corrected chi connectivity index (χ3v) is 1.01. The van der Waals surface area contributed by atoms with Crippen LogP contribution in [0.2, 0.25) is 0 Å². The fraction of sp³-hybridized carbons (Fsp3) is 0.250. The first-order chi connectivity index (χ1) is 5.57. The van der Waals surface area contributed by atoms with Crippen LogP contribution in [-0.2, 0) is 4.79 Å². The topological polar surface area (TPSA) is 67.5 Å². The molecular formula is C8H10O4. The number of furan rings is 1. The molecule has 0 aliphatic carbocycles. The molecule has 0 fully saturated rings. The lowest BCUT2D eigenvalue weighted by atomic mass is 10.3. The summed E-state index contributed by atoms with van der Waals surface area (Å²) in [4.78, 5) is 19.0. The lowest BCUT2D eigenvalue weighted by Crippen LogP contribution is -1.78. The molecule has 1 heterocycles. The van der Waals surface area contributed by atoms with Crippen LogP contribution in [0.1, 0.15) is 23.0 Å². The molecule has 0 atom stereocenters. The van der Waals surface area contributed by atoms with Crippen molar-refractivity contribution in [1.82, 2.24) is 0 Å². The SMILES string of the molecule is CC(=O)O.Cc1ccoc1C=O. The van der Waals surface area contributed by atoms with Crippen LogP contribution in [-0.4, -0.2) is 17.4 Å². The van der Waals surface area contributed by atoms with Crippen LogP contribution < -0.4 is 0 Å². The molecule has 0 amide bonds. The van der Waals surface area contributed by atoms with Gasteiger partial charge in [-0.2, -0.15) is 0 Å². The highest BCUT2D eigenvalue weighted by atomic mass is 16.4. The van der Waals surface area contributed by atoms with E-state index >= 15 is 0 Å². The summed E-state index contributed by atoms with van der Waals surface area (Å²) in [6, 6.07) is 1.75. The van der Waals surface area contributed by atoms with E-state index in [0.717, 1.165) is 12.5 Å². The van der Waals surface area contributed by atoms with E-state index in [-0.39, 0.29) is 0 Å². The molecule has 0 aliphatic heterocycles. The summed E-state index contributed by atoms with van der Waals surface area (Å²) in [5, 5.41) is 7.42. The highest BCUT2D eigenvalue weighted by Gasteiger charge is 1.95. The highest BCUT2D eigenvalue weighted by molar-refractivity contribution is 5.72. The Balaban J connectivity index is 0.000000261. The molecule has 12 heavy (non-hydrogen) atoms. The number of aldehydes is 1. The van der Waals surface area contributed by atoms with Crippen LogP contribution >= 0.6 is 0 Å². The first-order valence-corrected chi connectivity index (χ1v) is 3.26. The largest absolute Gasteiger partial charge is 0.481 e. The highest BCUT2D eigenvalue weighted by Crippen LogP contribution is 2.03. The minimum Gasteiger partial charge on any atom is -0.481 e. The Morgan fingerprint density at radius 1 is 1.67 bits per heavy atom. The molecule has 0 bridgehead atoms. The van der Waals surface area contributed by atoms with Gasteiger partial charge in [0.05, 0.1) is 6.26 Å². The zero-order valence-corrected chi connectivity index (χ0v) is 6.90. The second-order valence-electron chi connectivity index (χ2n) is 2.10. The molecule has 1 rings (SSSR count). The molecule has 1 aromatic rings. The molecule has 66 valence electrons. The zero-order chi connectivity index (χ0) is 9.56. The summed E-state index contributed by atoms with van der Waals surface area (Å²) in [7, 11) is 0. The monoisotopic (exact) mass is 170 g/mol. The van der Waals surface area contributed by atoms with E-state index in [0.29, 0.717) is 12.0 Å². The Labute approximate surface area is 69.8 Å². The fourth-order valence-corrected chi connectivity index (χ4v) is 0.505. The third-order valence-electron chi connectivity index (χ3n) is 1.01. The molecular weight excluding hydrogens is 160 g/mol. The van der Waals surface area contributed by atoms with E-state index in [1.807, 2.05) is 6.92 Å². The van der Waals surface area contributed by atoms with Crippen molar-refractivity contribution in [2.24, 2.45) is 0 Å². The standard InChI is InChI=1S/C6H6O2.C2H4O2/c1-5-2-3-8-6(5)4-7;1-2(3)4/h2-4H,1H3;1H3,(H,3,4). The minimum absolute atomic E-state index is 0.421. The van der Waals surface area contributed by atoms with Gasteiger partial charge in [0.1, 0.15) is 0 Å². The van der Waals surface area contributed by atoms with Crippen LogP contribution in [0, 0.1) is 6.92 Å². The first-order valence-electron chi connectivity index (χ1n) is 3.26. The van der Waals surface area contributed by atoms with Gasteiger partial charge in [0.2, 0.25) is 0 Å². The summed E-state index contributed by atoms with van der Waals surface area (Å²) in [5.41, 5.74) is 0.889. The van der Waals surface area contributed by atoms with Crippen LogP contribution in [0.15, 0.2) is 16.7 Å². The van der Waals surface area contributed by atoms with E-state index in [1.165, 1.54) is 6.26 Å². The van der Waals surface area contributed by atoms with Crippen molar-refractivity contribution in [3.05, 3.63) is 23.7 Å². The predicted octanol–water partition coefficient (Wildman–Crippen LogP) is 1.49. The Morgan fingerprint density at radius 3 is 2.33 bits per heavy atom. The van der Waals surface area contributed by atoms with Crippen molar-refractivity contribution in [1.29, 1.82) is 0 Å². The molecule has 0 saturated heterocycles. The summed E-state index contributed by atoms with van der Waals surface area (Å²) < 4.78 is 4.75. The maximum atomic E-state index is 9.99. The number of carboxylic acid groups (broad SMARTS) is 1. The number of aryl methyl sites for hydroxylation is 1. The Kier molecular flexibility index (Phi) is 4.45. The van der Waals surface area contributed by atoms with Crippen molar-refractivity contribution < 1.29 is 19.1 Å². The zero-order valence-electron chi connectivity index (χ0n) is 6.90. The molecule has 1 aromatic heterocycles. The minimum atomic E-state index is -0.833. The Morgan fingerprint density at radius 2 is 2.17 bits per heavy atom. The Bertz CT molecular complexity index is 258. The van der Waals surface area contributed by atoms with Gasteiger partial charge in [-0.25, -0.2) is 0 Å². The lowest BCUT2D eigenvalue weighted by molar-refractivity contribution is -0.134. The quantitative estimate of drug-likeness (QED) is 0.648. The van der Waals surface area contributed by atoms with Gasteiger partial charge in [-0.05, 0) is 18.6 Å². The molecule has 1 N–H and O–H groups in total. The van der Waals surface area contributed by atoms with Crippen molar-refractivity contribution in [2.45, 2.75) is 13.8 Å². The fourth-order valence-electron chi connectivity index (χ4n) is 0.505. The number of aliphatic carboxylic acids is 1. The number of rotatable bonds is 1. The van der Waals surface area contributed by atoms with Crippen LogP contribution in [0.25, 0.3) is 0 Å². The number of hydrogen-bond donors (Lipinski definition) is 1. The van der Waals surface area contributed by atoms with E-state index in [2.05, 4.69) is 0 Å². The van der Waals surface area contributed by atoms with E-state index in [1.54, 1.807) is 6.07 Å². The molecule has 0 unspecified atom stereocenters. The molecule has 0 spiro atoms. The summed E-state index contributed by atoms with van der Waals surface area (Å²) in [6.45, 7) is 2.91. The van der Waals surface area contributed by atoms with Crippen molar-refractivity contribution >= 4 is 12.3 Å². The molecule has 0 radical (unpaired) electrons. The van der Waals surface area contributed by atoms with Crippen LogP contribution in [0.4, 0.5) is 0 Å². The second kappa shape index (κ2) is 5.12. The van der Waals surface area contributed by atoms with E-state index < -0.39 is 5.97 Å². The van der Waals surface area contributed by atoms with Crippen LogP contribution in [0.5, 0.6) is 0 Å². The van der Waals surface area contributed by atoms with Gasteiger partial charge in [0, 0.05) is 6.92 Å². The average Bonchev–Trinajstić information content (AvgIpc) is 2.33. The van der Waals surface area contributed by atoms with Gasteiger partial charge in [-0.1, -0.05) is 0 Å². The van der Waals surface area contributed by atoms with Crippen LogP contribution in [0.3, 0.4) is 0 Å². The summed E-state index contributed by atoms with van der Waals surface area (Å²) in [6.07, 6.45) is 2.20. The normalized spacial score (nSPS) is 8.17. The number of hydrogen-bond acceptors (Lipinski definition) is 3. The maximum Gasteiger partial charge on any atom is 0.300 e. The summed E-state index contributed by atoms with van der Waals surface area (Å²) >= 11 is 0. The summed E-state index contributed by atoms with van der Waals surface area (Å²) in [5.74, 6) is -0.412. The smallest absolute Gasteiger partial charge is 0.300 e. The van der Waals surface area contributed by atoms with Gasteiger partial charge in [0.25, 0.3) is 5.97 Å². The number of carbonyl (C=O) groups is 2. The lowest BCUT2D eigenvalue weighted by Gasteiger charge is -1.78. The van der Waals surface area contributed by atoms with Gasteiger partial charge in [0.15, 0.2) is 12.0 Å². The molecule has 4 heteroatoms. The molecule has 0 saturated carbocycles. The second-order valence-corrected chi connectivity index (χ2v) is 2.10. The average molecular weight is 170 g/mol. The predicted molar refractivity (Wildman–Crippen MR) is 42.1 cm³/mol. The van der Waals surface area contributed by atoms with Gasteiger partial charge in [-0.15, -0.1) is 0 Å². The van der Waals surface area contributed by atoms with E-state index in [9.17, 15) is 4.79 Å². The number of carboxylic acids is 1. The molecule has 0 aliphatic rings. The van der Waals surface area contributed by atoms with E-state index in [4.69, 9.17) is 14.3 Å².